The van der Waals surface area contributed by atoms with Gasteiger partial charge < -0.3 is 10.2 Å². The molecule has 1 saturated carbocycles. The molecule has 3 nitrogen and oxygen atoms in total. The Morgan fingerprint density at radius 1 is 1.15 bits per heavy atom. The molecule has 1 saturated heterocycles. The second-order valence-electron chi connectivity index (χ2n) is 9.47. The zero-order valence-corrected chi connectivity index (χ0v) is 17.7. The molecule has 2 fully saturated rings. The molecule has 3 heteroatoms. The van der Waals surface area contributed by atoms with Crippen molar-refractivity contribution in [3.63, 3.8) is 0 Å². The summed E-state index contributed by atoms with van der Waals surface area (Å²) in [6.07, 6.45) is 10.7. The van der Waals surface area contributed by atoms with Crippen molar-refractivity contribution in [2.45, 2.75) is 73.3 Å². The lowest BCUT2D eigenvalue weighted by Crippen LogP contribution is -2.63. The molecule has 0 unspecified atom stereocenters. The van der Waals surface area contributed by atoms with Gasteiger partial charge in [-0.15, -0.1) is 0 Å². The fourth-order valence-corrected chi connectivity index (χ4v) is 5.13. The van der Waals surface area contributed by atoms with Crippen molar-refractivity contribution >= 4 is 5.91 Å². The first-order chi connectivity index (χ1) is 12.1. The quantitative estimate of drug-likeness (QED) is 0.531. The highest BCUT2D eigenvalue weighted by atomic mass is 16.1. The van der Waals surface area contributed by atoms with Gasteiger partial charge in [0, 0.05) is 30.4 Å². The van der Waals surface area contributed by atoms with Gasteiger partial charge in [-0.2, -0.15) is 0 Å². The molecule has 0 bridgehead atoms. The molecule has 1 aliphatic carbocycles. The Labute approximate surface area is 160 Å². The number of carbonyl (C=O) groups excluding carboxylic acids is 1. The summed E-state index contributed by atoms with van der Waals surface area (Å²) >= 11 is 0. The van der Waals surface area contributed by atoms with Gasteiger partial charge in [0.2, 0.25) is 0 Å². The summed E-state index contributed by atoms with van der Waals surface area (Å²) < 4.78 is 0. The van der Waals surface area contributed by atoms with E-state index in [0.29, 0.717) is 5.57 Å². The molecule has 26 heavy (non-hydrogen) atoms. The van der Waals surface area contributed by atoms with Crippen LogP contribution in [-0.4, -0.2) is 29.9 Å². The summed E-state index contributed by atoms with van der Waals surface area (Å²) in [7, 11) is 0. The largest absolute Gasteiger partial charge is 0.372 e. The summed E-state index contributed by atoms with van der Waals surface area (Å²) in [5.41, 5.74) is 2.05. The van der Waals surface area contributed by atoms with E-state index in [1.54, 1.807) is 0 Å². The highest BCUT2D eigenvalue weighted by molar-refractivity contribution is 5.96. The van der Waals surface area contributed by atoms with Crippen LogP contribution in [0.1, 0.15) is 67.2 Å². The molecule has 2 rings (SSSR count). The van der Waals surface area contributed by atoms with E-state index in [0.717, 1.165) is 31.1 Å². The van der Waals surface area contributed by atoms with E-state index in [-0.39, 0.29) is 22.8 Å². The van der Waals surface area contributed by atoms with Gasteiger partial charge in [-0.25, -0.2) is 0 Å². The van der Waals surface area contributed by atoms with Gasteiger partial charge in [0.25, 0.3) is 5.91 Å². The minimum absolute atomic E-state index is 0.0205. The van der Waals surface area contributed by atoms with Crippen molar-refractivity contribution in [2.75, 3.05) is 13.1 Å². The topological polar surface area (TPSA) is 32.3 Å². The number of likely N-dealkylation sites (tertiary alicyclic amines) is 1. The molecule has 2 aliphatic rings. The average Bonchev–Trinajstić information content (AvgIpc) is 2.59. The summed E-state index contributed by atoms with van der Waals surface area (Å²) in [5.74, 6) is 0.876. The van der Waals surface area contributed by atoms with Crippen molar-refractivity contribution in [3.05, 3.63) is 36.1 Å². The minimum atomic E-state index is 0.0205. The van der Waals surface area contributed by atoms with Crippen LogP contribution >= 0.6 is 0 Å². The Balaban J connectivity index is 1.93. The molecule has 1 heterocycles. The fraction of sp³-hybridized carbons (Fsp3) is 0.696. The molecule has 0 aromatic heterocycles. The average molecular weight is 359 g/mol. The highest BCUT2D eigenvalue weighted by Gasteiger charge is 2.53. The van der Waals surface area contributed by atoms with Gasteiger partial charge in [0.05, 0.1) is 0 Å². The number of piperidine rings is 1. The normalized spacial score (nSPS) is 23.8. The number of hydrogen-bond donors (Lipinski definition) is 1. The Kier molecular flexibility index (Phi) is 6.42. The molecular formula is C23H38N2O. The van der Waals surface area contributed by atoms with Gasteiger partial charge >= 0.3 is 0 Å². The van der Waals surface area contributed by atoms with Crippen molar-refractivity contribution in [3.8, 4) is 0 Å². The predicted molar refractivity (Wildman–Crippen MR) is 111 cm³/mol. The van der Waals surface area contributed by atoms with Crippen LogP contribution in [0, 0.1) is 16.7 Å². The number of hydrogen-bond acceptors (Lipinski definition) is 2. The van der Waals surface area contributed by atoms with Crippen LogP contribution in [0.5, 0.6) is 0 Å². The van der Waals surface area contributed by atoms with E-state index in [1.807, 2.05) is 25.2 Å². The monoisotopic (exact) mass is 358 g/mol. The van der Waals surface area contributed by atoms with Crippen LogP contribution in [-0.2, 0) is 4.79 Å². The molecule has 1 N–H and O–H groups in total. The molecule has 0 aromatic carbocycles. The molecule has 0 atom stereocenters. The number of allylic oxidation sites excluding steroid dienone is 2. The minimum Gasteiger partial charge on any atom is -0.372 e. The van der Waals surface area contributed by atoms with Crippen LogP contribution in [0.15, 0.2) is 36.1 Å². The smallest absolute Gasteiger partial charge is 0.251 e. The molecule has 0 aromatic rings. The SMILES string of the molecule is C=C(/C=C\C(=C/C)C(=O)NC1C(C)(C)CC1(C)C)N1CCC(CC)CC1. The van der Waals surface area contributed by atoms with Gasteiger partial charge in [-0.05, 0) is 55.1 Å². The maximum atomic E-state index is 12.7. The van der Waals surface area contributed by atoms with Crippen LogP contribution < -0.4 is 5.32 Å². The number of nitrogens with one attached hydrogen (secondary N) is 1. The summed E-state index contributed by atoms with van der Waals surface area (Å²) in [6, 6.07) is 0.210. The molecule has 0 spiro atoms. The van der Waals surface area contributed by atoms with Crippen LogP contribution in [0.25, 0.3) is 0 Å². The Bertz CT molecular complexity index is 575. The van der Waals surface area contributed by atoms with Crippen LogP contribution in [0.4, 0.5) is 0 Å². The van der Waals surface area contributed by atoms with E-state index < -0.39 is 0 Å². The fourth-order valence-electron chi connectivity index (χ4n) is 5.13. The zero-order valence-electron chi connectivity index (χ0n) is 17.7. The first-order valence-corrected chi connectivity index (χ1v) is 10.2. The van der Waals surface area contributed by atoms with E-state index in [2.05, 4.69) is 51.4 Å². The van der Waals surface area contributed by atoms with E-state index in [4.69, 9.17) is 0 Å². The third-order valence-electron chi connectivity index (χ3n) is 6.38. The van der Waals surface area contributed by atoms with E-state index in [9.17, 15) is 4.79 Å². The second kappa shape index (κ2) is 8.02. The third-order valence-corrected chi connectivity index (χ3v) is 6.38. The summed E-state index contributed by atoms with van der Waals surface area (Å²) in [6.45, 7) is 19.5. The van der Waals surface area contributed by atoms with Gasteiger partial charge in [0.1, 0.15) is 0 Å². The summed E-state index contributed by atoms with van der Waals surface area (Å²) in [5, 5.41) is 3.26. The maximum Gasteiger partial charge on any atom is 0.251 e. The lowest BCUT2D eigenvalue weighted by atomic mass is 9.52. The third kappa shape index (κ3) is 4.61. The van der Waals surface area contributed by atoms with Crippen LogP contribution in [0.2, 0.25) is 0 Å². The first-order valence-electron chi connectivity index (χ1n) is 10.2. The number of rotatable bonds is 6. The number of nitrogens with zero attached hydrogens (tertiary/aromatic N) is 1. The molecule has 0 radical (unpaired) electrons. The lowest BCUT2D eigenvalue weighted by molar-refractivity contribution is -0.125. The van der Waals surface area contributed by atoms with Crippen molar-refractivity contribution in [1.29, 1.82) is 0 Å². The second-order valence-corrected chi connectivity index (χ2v) is 9.47. The number of amides is 1. The van der Waals surface area contributed by atoms with Gasteiger partial charge in [-0.3, -0.25) is 4.79 Å². The Morgan fingerprint density at radius 3 is 2.19 bits per heavy atom. The maximum absolute atomic E-state index is 12.7. The highest BCUT2D eigenvalue weighted by Crippen LogP contribution is 2.53. The molecule has 146 valence electrons. The number of carbonyl (C=O) groups is 1. The van der Waals surface area contributed by atoms with Crippen LogP contribution in [0.3, 0.4) is 0 Å². The van der Waals surface area contributed by atoms with E-state index >= 15 is 0 Å². The van der Waals surface area contributed by atoms with Crippen molar-refractivity contribution < 1.29 is 4.79 Å². The zero-order chi connectivity index (χ0) is 19.5. The van der Waals surface area contributed by atoms with Gasteiger partial charge in [-0.1, -0.05) is 53.7 Å². The van der Waals surface area contributed by atoms with Crippen molar-refractivity contribution in [1.82, 2.24) is 10.2 Å². The molecule has 1 aliphatic heterocycles. The predicted octanol–water partition coefficient (Wildman–Crippen LogP) is 5.07. The first kappa shape index (κ1) is 20.8. The van der Waals surface area contributed by atoms with E-state index in [1.165, 1.54) is 19.3 Å². The Morgan fingerprint density at radius 2 is 1.73 bits per heavy atom. The summed E-state index contributed by atoms with van der Waals surface area (Å²) in [4.78, 5) is 15.1. The standard InChI is InChI=1S/C23H38N2O/c1-8-18-12-14-25(15-13-18)17(3)10-11-19(9-2)20(26)24-21-22(4,5)16-23(21,6)7/h9-11,18,21H,3,8,12-16H2,1-2,4-7H3,(H,24,26)/b11-10-,19-9+. The molecular weight excluding hydrogens is 320 g/mol. The Hall–Kier alpha value is -1.51. The van der Waals surface area contributed by atoms with Gasteiger partial charge in [0.15, 0.2) is 0 Å². The van der Waals surface area contributed by atoms with Crippen molar-refractivity contribution in [2.24, 2.45) is 16.7 Å². The molecule has 1 amide bonds. The lowest BCUT2D eigenvalue weighted by Gasteiger charge is -2.57.